The molecule has 4 N–H and O–H groups in total. The highest BCUT2D eigenvalue weighted by atomic mass is 32.1. The number of rotatable bonds is 3. The Bertz CT molecular complexity index is 430. The Labute approximate surface area is 103 Å². The van der Waals surface area contributed by atoms with Crippen molar-refractivity contribution >= 4 is 23.3 Å². The molecule has 1 aromatic rings. The van der Waals surface area contributed by atoms with Crippen LogP contribution in [0.2, 0.25) is 0 Å². The van der Waals surface area contributed by atoms with Gasteiger partial charge < -0.3 is 11.1 Å². The van der Waals surface area contributed by atoms with Crippen molar-refractivity contribution in [2.45, 2.75) is 25.3 Å². The summed E-state index contributed by atoms with van der Waals surface area (Å²) in [5.74, 6) is -0.389. The van der Waals surface area contributed by atoms with Crippen molar-refractivity contribution < 1.29 is 9.59 Å². The number of hydrogen-bond acceptors (Lipinski definition) is 4. The van der Waals surface area contributed by atoms with E-state index in [-0.39, 0.29) is 18.5 Å². The van der Waals surface area contributed by atoms with Crippen LogP contribution in [0.15, 0.2) is 11.4 Å². The van der Waals surface area contributed by atoms with Gasteiger partial charge in [-0.1, -0.05) is 0 Å². The zero-order valence-corrected chi connectivity index (χ0v) is 10.2. The fourth-order valence-electron chi connectivity index (χ4n) is 2.10. The summed E-state index contributed by atoms with van der Waals surface area (Å²) < 4.78 is 0. The molecule has 1 atom stereocenters. The first-order valence-corrected chi connectivity index (χ1v) is 6.43. The normalized spacial score (nSPS) is 18.5. The van der Waals surface area contributed by atoms with E-state index in [2.05, 4.69) is 16.8 Å². The van der Waals surface area contributed by atoms with E-state index in [1.807, 2.05) is 5.32 Å². The maximum absolute atomic E-state index is 11.3. The van der Waals surface area contributed by atoms with Crippen LogP contribution in [0.5, 0.6) is 0 Å². The van der Waals surface area contributed by atoms with Crippen LogP contribution in [0.3, 0.4) is 0 Å². The van der Waals surface area contributed by atoms with E-state index < -0.39 is 6.03 Å². The largest absolute Gasteiger partial charge is 0.351 e. The van der Waals surface area contributed by atoms with E-state index in [0.29, 0.717) is 0 Å². The average molecular weight is 253 g/mol. The number of amides is 3. The third kappa shape index (κ3) is 3.04. The molecule has 0 aliphatic heterocycles. The van der Waals surface area contributed by atoms with Crippen molar-refractivity contribution in [2.24, 2.45) is 5.73 Å². The van der Waals surface area contributed by atoms with Crippen LogP contribution in [-0.2, 0) is 11.2 Å². The van der Waals surface area contributed by atoms with Gasteiger partial charge in [0, 0.05) is 10.9 Å². The second kappa shape index (κ2) is 5.29. The first kappa shape index (κ1) is 12.1. The van der Waals surface area contributed by atoms with E-state index in [4.69, 9.17) is 5.73 Å². The lowest BCUT2D eigenvalue weighted by Gasteiger charge is -2.23. The van der Waals surface area contributed by atoms with Gasteiger partial charge in [-0.2, -0.15) is 0 Å². The lowest BCUT2D eigenvalue weighted by Crippen LogP contribution is -2.41. The number of fused-ring (bicyclic) bond motifs is 1. The zero-order chi connectivity index (χ0) is 12.3. The number of carbonyl (C=O) groups is 2. The average Bonchev–Trinajstić information content (AvgIpc) is 2.73. The molecule has 3 amide bonds. The van der Waals surface area contributed by atoms with Crippen LogP contribution in [0, 0.1) is 0 Å². The van der Waals surface area contributed by atoms with Crippen molar-refractivity contribution in [3.63, 3.8) is 0 Å². The molecular formula is C11H15N3O2S. The topological polar surface area (TPSA) is 84.2 Å². The van der Waals surface area contributed by atoms with Crippen molar-refractivity contribution in [1.29, 1.82) is 0 Å². The van der Waals surface area contributed by atoms with Gasteiger partial charge in [-0.25, -0.2) is 4.79 Å². The second-order valence-corrected chi connectivity index (χ2v) is 5.04. The predicted molar refractivity (Wildman–Crippen MR) is 65.7 cm³/mol. The fraction of sp³-hybridized carbons (Fsp3) is 0.455. The van der Waals surface area contributed by atoms with Crippen LogP contribution in [0.1, 0.15) is 29.3 Å². The maximum Gasteiger partial charge on any atom is 0.318 e. The van der Waals surface area contributed by atoms with Crippen molar-refractivity contribution in [3.8, 4) is 0 Å². The number of aryl methyl sites for hydroxylation is 1. The Morgan fingerprint density at radius 2 is 2.35 bits per heavy atom. The number of nitrogens with one attached hydrogen (secondary N) is 2. The number of urea groups is 1. The summed E-state index contributed by atoms with van der Waals surface area (Å²) in [6, 6.07) is 1.50. The summed E-state index contributed by atoms with van der Waals surface area (Å²) in [6.45, 7) is 0.114. The van der Waals surface area contributed by atoms with Gasteiger partial charge in [-0.3, -0.25) is 10.1 Å². The van der Waals surface area contributed by atoms with E-state index >= 15 is 0 Å². The van der Waals surface area contributed by atoms with Gasteiger partial charge in [0.15, 0.2) is 0 Å². The Kier molecular flexibility index (Phi) is 3.75. The minimum Gasteiger partial charge on any atom is -0.351 e. The summed E-state index contributed by atoms with van der Waals surface area (Å²) >= 11 is 1.76. The van der Waals surface area contributed by atoms with Gasteiger partial charge in [0.05, 0.1) is 6.54 Å². The number of hydrogen-bond donors (Lipinski definition) is 3. The smallest absolute Gasteiger partial charge is 0.318 e. The molecule has 0 radical (unpaired) electrons. The second-order valence-electron chi connectivity index (χ2n) is 4.04. The van der Waals surface area contributed by atoms with Gasteiger partial charge in [0.2, 0.25) is 5.91 Å². The van der Waals surface area contributed by atoms with Crippen LogP contribution in [-0.4, -0.2) is 18.5 Å². The molecule has 1 aliphatic rings. The summed E-state index contributed by atoms with van der Waals surface area (Å²) in [4.78, 5) is 23.1. The molecule has 2 rings (SSSR count). The number of nitrogens with two attached hydrogens (primary N) is 1. The Balaban J connectivity index is 1.89. The van der Waals surface area contributed by atoms with Crippen molar-refractivity contribution in [1.82, 2.24) is 10.6 Å². The standard InChI is InChI=1S/C11H15N3O2S/c12-11(16)14-10(15)6-13-8-2-1-3-9-7(8)4-5-17-9/h4-5,8,13H,1-3,6H2,(H3,12,14,15,16). The van der Waals surface area contributed by atoms with Gasteiger partial charge in [-0.15, -0.1) is 11.3 Å². The van der Waals surface area contributed by atoms with Gasteiger partial charge in [0.1, 0.15) is 0 Å². The molecule has 0 spiro atoms. The van der Waals surface area contributed by atoms with Gasteiger partial charge in [-0.05, 0) is 36.3 Å². The maximum atomic E-state index is 11.3. The molecule has 0 fully saturated rings. The number of carbonyl (C=O) groups excluding carboxylic acids is 2. The summed E-state index contributed by atoms with van der Waals surface area (Å²) in [7, 11) is 0. The molecule has 1 aromatic heterocycles. The number of primary amides is 1. The summed E-state index contributed by atoms with van der Waals surface area (Å²) in [5, 5.41) is 7.27. The first-order chi connectivity index (χ1) is 8.16. The quantitative estimate of drug-likeness (QED) is 0.748. The first-order valence-electron chi connectivity index (χ1n) is 5.56. The number of thiophene rings is 1. The van der Waals surface area contributed by atoms with E-state index in [0.717, 1.165) is 19.3 Å². The van der Waals surface area contributed by atoms with Crippen LogP contribution < -0.4 is 16.4 Å². The molecule has 0 saturated carbocycles. The van der Waals surface area contributed by atoms with Crippen LogP contribution >= 0.6 is 11.3 Å². The zero-order valence-electron chi connectivity index (χ0n) is 9.36. The summed E-state index contributed by atoms with van der Waals surface area (Å²) in [6.07, 6.45) is 3.27. The third-order valence-electron chi connectivity index (χ3n) is 2.82. The lowest BCUT2D eigenvalue weighted by atomic mass is 9.94. The van der Waals surface area contributed by atoms with Gasteiger partial charge >= 0.3 is 6.03 Å². The monoisotopic (exact) mass is 253 g/mol. The summed E-state index contributed by atoms with van der Waals surface area (Å²) in [5.41, 5.74) is 6.15. The minimum absolute atomic E-state index is 0.114. The fourth-order valence-corrected chi connectivity index (χ4v) is 3.08. The lowest BCUT2D eigenvalue weighted by molar-refractivity contribution is -0.119. The molecule has 6 heteroatoms. The molecule has 1 unspecified atom stereocenters. The highest BCUT2D eigenvalue weighted by Gasteiger charge is 2.21. The molecule has 1 aliphatic carbocycles. The Hall–Kier alpha value is -1.40. The predicted octanol–water partition coefficient (Wildman–Crippen LogP) is 0.910. The van der Waals surface area contributed by atoms with Crippen LogP contribution in [0.25, 0.3) is 0 Å². The van der Waals surface area contributed by atoms with Crippen LogP contribution in [0.4, 0.5) is 4.79 Å². The molecule has 5 nitrogen and oxygen atoms in total. The third-order valence-corrected chi connectivity index (χ3v) is 3.82. The van der Waals surface area contributed by atoms with Crippen molar-refractivity contribution in [3.05, 3.63) is 21.9 Å². The molecule has 0 aromatic carbocycles. The highest BCUT2D eigenvalue weighted by Crippen LogP contribution is 2.32. The molecule has 1 heterocycles. The molecule has 0 bridgehead atoms. The minimum atomic E-state index is -0.809. The van der Waals surface area contributed by atoms with E-state index in [1.54, 1.807) is 11.3 Å². The van der Waals surface area contributed by atoms with Crippen molar-refractivity contribution in [2.75, 3.05) is 6.54 Å². The molecule has 17 heavy (non-hydrogen) atoms. The molecule has 92 valence electrons. The number of imide groups is 1. The van der Waals surface area contributed by atoms with E-state index in [9.17, 15) is 9.59 Å². The Morgan fingerprint density at radius 3 is 3.12 bits per heavy atom. The highest BCUT2D eigenvalue weighted by molar-refractivity contribution is 7.10. The molecule has 0 saturated heterocycles. The Morgan fingerprint density at radius 1 is 1.53 bits per heavy atom. The SMILES string of the molecule is NC(=O)NC(=O)CNC1CCCc2sccc21. The molecular weight excluding hydrogens is 238 g/mol. The van der Waals surface area contributed by atoms with E-state index in [1.165, 1.54) is 10.4 Å². The van der Waals surface area contributed by atoms with Gasteiger partial charge in [0.25, 0.3) is 0 Å².